The Balaban J connectivity index is 2.17. The van der Waals surface area contributed by atoms with Gasteiger partial charge in [-0.25, -0.2) is 4.98 Å². The second kappa shape index (κ2) is 5.35. The van der Waals surface area contributed by atoms with Gasteiger partial charge in [0.15, 0.2) is 0 Å². The van der Waals surface area contributed by atoms with E-state index in [4.69, 9.17) is 14.4 Å². The first kappa shape index (κ1) is 15.3. The average molecular weight is 278 g/mol. The number of nitrogens with zero attached hydrogens (tertiary/aromatic N) is 1. The predicted octanol–water partition coefficient (Wildman–Crippen LogP) is 1.09. The molecule has 110 valence electrons. The SMILES string of the molecule is Cc1cc(B2OC(C)(C)C(C)(C)O2)cnc1NCCO. The van der Waals surface area contributed by atoms with Crippen LogP contribution in [0.15, 0.2) is 12.3 Å². The molecule has 0 radical (unpaired) electrons. The highest BCUT2D eigenvalue weighted by Crippen LogP contribution is 2.36. The molecule has 0 aliphatic carbocycles. The first-order valence-electron chi connectivity index (χ1n) is 6.94. The minimum absolute atomic E-state index is 0.0834. The molecule has 0 saturated carbocycles. The highest BCUT2D eigenvalue weighted by atomic mass is 16.7. The van der Waals surface area contributed by atoms with E-state index < -0.39 is 7.12 Å². The normalized spacial score (nSPS) is 20.2. The van der Waals surface area contributed by atoms with Crippen molar-refractivity contribution in [2.24, 2.45) is 0 Å². The molecular weight excluding hydrogens is 255 g/mol. The summed E-state index contributed by atoms with van der Waals surface area (Å²) in [5, 5.41) is 11.9. The number of anilines is 1. The first-order chi connectivity index (χ1) is 9.27. The van der Waals surface area contributed by atoms with Gasteiger partial charge >= 0.3 is 7.12 Å². The van der Waals surface area contributed by atoms with Crippen molar-refractivity contribution in [3.63, 3.8) is 0 Å². The molecule has 1 aliphatic rings. The third-order valence-corrected chi connectivity index (χ3v) is 4.03. The van der Waals surface area contributed by atoms with Crippen LogP contribution in [0.4, 0.5) is 5.82 Å². The van der Waals surface area contributed by atoms with Crippen molar-refractivity contribution in [2.75, 3.05) is 18.5 Å². The van der Waals surface area contributed by atoms with E-state index in [1.54, 1.807) is 6.20 Å². The Kier molecular flexibility index (Phi) is 4.09. The number of pyridine rings is 1. The van der Waals surface area contributed by atoms with Crippen LogP contribution in [0, 0.1) is 6.92 Å². The Bertz CT molecular complexity index is 475. The molecule has 1 saturated heterocycles. The van der Waals surface area contributed by atoms with Gasteiger partial charge in [-0.05, 0) is 40.2 Å². The largest absolute Gasteiger partial charge is 0.496 e. The number of hydrogen-bond donors (Lipinski definition) is 2. The van der Waals surface area contributed by atoms with E-state index >= 15 is 0 Å². The van der Waals surface area contributed by atoms with Crippen LogP contribution >= 0.6 is 0 Å². The van der Waals surface area contributed by atoms with E-state index in [1.165, 1.54) is 0 Å². The van der Waals surface area contributed by atoms with Crippen molar-refractivity contribution in [1.82, 2.24) is 4.98 Å². The molecule has 1 fully saturated rings. The summed E-state index contributed by atoms with van der Waals surface area (Å²) in [6, 6.07) is 2.01. The standard InChI is InChI=1S/C14H23BN2O3/c1-10-8-11(9-17-12(10)16-6-7-18)15-19-13(2,3)14(4,5)20-15/h8-9,18H,6-7H2,1-5H3,(H,16,17). The van der Waals surface area contributed by atoms with Crippen LogP contribution in [0.5, 0.6) is 0 Å². The topological polar surface area (TPSA) is 63.6 Å². The Labute approximate surface area is 120 Å². The number of rotatable bonds is 4. The Hall–Kier alpha value is -1.11. The molecule has 0 amide bonds. The monoisotopic (exact) mass is 278 g/mol. The fourth-order valence-corrected chi connectivity index (χ4v) is 2.06. The maximum Gasteiger partial charge on any atom is 0.496 e. The fourth-order valence-electron chi connectivity index (χ4n) is 2.06. The molecule has 2 heterocycles. The van der Waals surface area contributed by atoms with Gasteiger partial charge in [-0.15, -0.1) is 0 Å². The molecule has 0 unspecified atom stereocenters. The number of nitrogens with one attached hydrogen (secondary N) is 1. The lowest BCUT2D eigenvalue weighted by atomic mass is 9.80. The molecule has 5 nitrogen and oxygen atoms in total. The highest BCUT2D eigenvalue weighted by Gasteiger charge is 2.51. The first-order valence-corrected chi connectivity index (χ1v) is 6.94. The van der Waals surface area contributed by atoms with Crippen molar-refractivity contribution < 1.29 is 14.4 Å². The molecule has 0 spiro atoms. The molecule has 20 heavy (non-hydrogen) atoms. The lowest BCUT2D eigenvalue weighted by Crippen LogP contribution is -2.41. The van der Waals surface area contributed by atoms with Crippen molar-refractivity contribution in [3.05, 3.63) is 17.8 Å². The van der Waals surface area contributed by atoms with Crippen LogP contribution in [0.1, 0.15) is 33.3 Å². The van der Waals surface area contributed by atoms with E-state index in [0.717, 1.165) is 16.8 Å². The quantitative estimate of drug-likeness (QED) is 0.807. The lowest BCUT2D eigenvalue weighted by molar-refractivity contribution is 0.00578. The van der Waals surface area contributed by atoms with Gasteiger partial charge in [0.25, 0.3) is 0 Å². The molecule has 0 aromatic carbocycles. The molecule has 1 aromatic heterocycles. The number of hydrogen-bond acceptors (Lipinski definition) is 5. The van der Waals surface area contributed by atoms with Crippen LogP contribution in [0.2, 0.25) is 0 Å². The maximum absolute atomic E-state index is 8.83. The summed E-state index contributed by atoms with van der Waals surface area (Å²) in [5.41, 5.74) is 1.22. The summed E-state index contributed by atoms with van der Waals surface area (Å²) in [4.78, 5) is 4.37. The van der Waals surface area contributed by atoms with Crippen molar-refractivity contribution >= 4 is 18.4 Å². The summed E-state index contributed by atoms with van der Waals surface area (Å²) in [7, 11) is -0.391. The zero-order chi connectivity index (χ0) is 15.0. The lowest BCUT2D eigenvalue weighted by Gasteiger charge is -2.32. The number of aliphatic hydroxyl groups excluding tert-OH is 1. The molecular formula is C14H23BN2O3. The second-order valence-corrected chi connectivity index (χ2v) is 6.17. The summed E-state index contributed by atoms with van der Waals surface area (Å²) < 4.78 is 12.0. The predicted molar refractivity (Wildman–Crippen MR) is 80.3 cm³/mol. The average Bonchev–Trinajstić information content (AvgIpc) is 2.57. The number of aryl methyl sites for hydroxylation is 1. The van der Waals surface area contributed by atoms with Crippen LogP contribution in [-0.2, 0) is 9.31 Å². The van der Waals surface area contributed by atoms with Crippen LogP contribution in [0.3, 0.4) is 0 Å². The smallest absolute Gasteiger partial charge is 0.399 e. The van der Waals surface area contributed by atoms with Gasteiger partial charge in [0, 0.05) is 18.2 Å². The Morgan fingerprint density at radius 3 is 2.35 bits per heavy atom. The zero-order valence-electron chi connectivity index (χ0n) is 12.9. The minimum Gasteiger partial charge on any atom is -0.399 e. The van der Waals surface area contributed by atoms with Gasteiger partial charge in [0.2, 0.25) is 0 Å². The van der Waals surface area contributed by atoms with Crippen LogP contribution in [0.25, 0.3) is 0 Å². The van der Waals surface area contributed by atoms with Gasteiger partial charge in [-0.2, -0.15) is 0 Å². The van der Waals surface area contributed by atoms with Crippen molar-refractivity contribution in [2.45, 2.75) is 45.8 Å². The Morgan fingerprint density at radius 2 is 1.85 bits per heavy atom. The number of aromatic nitrogens is 1. The van der Waals surface area contributed by atoms with E-state index in [9.17, 15) is 0 Å². The van der Waals surface area contributed by atoms with E-state index in [1.807, 2.05) is 40.7 Å². The van der Waals surface area contributed by atoms with Crippen LogP contribution < -0.4 is 10.8 Å². The fraction of sp³-hybridized carbons (Fsp3) is 0.643. The molecule has 2 rings (SSSR count). The zero-order valence-corrected chi connectivity index (χ0v) is 12.9. The Morgan fingerprint density at radius 1 is 1.25 bits per heavy atom. The van der Waals surface area contributed by atoms with Gasteiger partial charge in [0.05, 0.1) is 17.8 Å². The molecule has 0 bridgehead atoms. The summed E-state index contributed by atoms with van der Waals surface area (Å²) in [5.74, 6) is 0.777. The molecule has 0 atom stereocenters. The molecule has 2 N–H and O–H groups in total. The van der Waals surface area contributed by atoms with E-state index in [0.29, 0.717) is 6.54 Å². The van der Waals surface area contributed by atoms with Gasteiger partial charge < -0.3 is 19.7 Å². The van der Waals surface area contributed by atoms with Crippen molar-refractivity contribution in [3.8, 4) is 0 Å². The minimum atomic E-state index is -0.391. The van der Waals surface area contributed by atoms with E-state index in [2.05, 4.69) is 10.3 Å². The van der Waals surface area contributed by atoms with Crippen LogP contribution in [-0.4, -0.2) is 41.6 Å². The molecule has 1 aliphatic heterocycles. The van der Waals surface area contributed by atoms with Gasteiger partial charge in [0.1, 0.15) is 5.82 Å². The third kappa shape index (κ3) is 2.82. The van der Waals surface area contributed by atoms with Gasteiger partial charge in [-0.1, -0.05) is 6.07 Å². The van der Waals surface area contributed by atoms with Crippen molar-refractivity contribution in [1.29, 1.82) is 0 Å². The summed E-state index contributed by atoms with van der Waals surface area (Å²) in [6.45, 7) is 10.7. The van der Waals surface area contributed by atoms with E-state index in [-0.39, 0.29) is 17.8 Å². The maximum atomic E-state index is 8.83. The van der Waals surface area contributed by atoms with Gasteiger partial charge in [-0.3, -0.25) is 0 Å². The highest BCUT2D eigenvalue weighted by molar-refractivity contribution is 6.62. The number of aliphatic hydroxyl groups is 1. The third-order valence-electron chi connectivity index (χ3n) is 4.03. The molecule has 6 heteroatoms. The summed E-state index contributed by atoms with van der Waals surface area (Å²) in [6.07, 6.45) is 1.76. The summed E-state index contributed by atoms with van der Waals surface area (Å²) >= 11 is 0. The molecule has 1 aromatic rings. The second-order valence-electron chi connectivity index (χ2n) is 6.17.